The smallest absolute Gasteiger partial charge is 0.224 e. The minimum Gasteiger partial charge on any atom is -0.369 e. The number of nitrogens with zero attached hydrogens (tertiary/aromatic N) is 2. The third-order valence-corrected chi connectivity index (χ3v) is 2.78. The quantitative estimate of drug-likeness (QED) is 0.766. The number of nitrogen functional groups attached to an aromatic ring is 1. The van der Waals surface area contributed by atoms with Gasteiger partial charge < -0.3 is 10.7 Å². The molecule has 0 unspecified atom stereocenters. The maximum Gasteiger partial charge on any atom is 0.224 e. The van der Waals surface area contributed by atoms with E-state index in [-0.39, 0.29) is 10.7 Å². The first kappa shape index (κ1) is 11.0. The summed E-state index contributed by atoms with van der Waals surface area (Å²) in [6.07, 6.45) is 0. The van der Waals surface area contributed by atoms with Crippen molar-refractivity contribution in [2.75, 3.05) is 5.73 Å². The summed E-state index contributed by atoms with van der Waals surface area (Å²) in [5, 5.41) is 0.675. The molecule has 0 atom stereocenters. The van der Waals surface area contributed by atoms with Crippen LogP contribution in [0.25, 0.3) is 11.4 Å². The van der Waals surface area contributed by atoms with E-state index in [9.17, 15) is 0 Å². The molecule has 0 fully saturated rings. The van der Waals surface area contributed by atoms with E-state index in [4.69, 9.17) is 29.6 Å². The molecule has 0 aliphatic heterocycles. The van der Waals surface area contributed by atoms with Crippen LogP contribution in [0.3, 0.4) is 0 Å². The Balaban J connectivity index is 2.67. The Labute approximate surface area is 103 Å². The molecule has 0 spiro atoms. The van der Waals surface area contributed by atoms with E-state index in [1.54, 1.807) is 0 Å². The number of hydrogen-bond acceptors (Lipinski definition) is 4. The van der Waals surface area contributed by atoms with Crippen molar-refractivity contribution < 1.29 is 0 Å². The number of H-pyrrole nitrogens is 1. The third kappa shape index (κ3) is 2.05. The Kier molecular flexibility index (Phi) is 2.89. The van der Waals surface area contributed by atoms with Crippen LogP contribution >= 0.6 is 23.8 Å². The van der Waals surface area contributed by atoms with Gasteiger partial charge in [0.15, 0.2) is 0 Å². The van der Waals surface area contributed by atoms with Crippen molar-refractivity contribution in [1.82, 2.24) is 15.0 Å². The number of rotatable bonds is 1. The van der Waals surface area contributed by atoms with Crippen LogP contribution in [0, 0.1) is 11.7 Å². The summed E-state index contributed by atoms with van der Waals surface area (Å²) >= 11 is 10.9. The zero-order valence-electron chi connectivity index (χ0n) is 8.49. The highest BCUT2D eigenvalue weighted by molar-refractivity contribution is 7.71. The Morgan fingerprint density at radius 1 is 1.38 bits per heavy atom. The maximum absolute atomic E-state index is 6.03. The molecule has 1 aromatic carbocycles. The van der Waals surface area contributed by atoms with Gasteiger partial charge in [-0.1, -0.05) is 23.7 Å². The Morgan fingerprint density at radius 2 is 2.12 bits per heavy atom. The molecule has 3 N–H and O–H groups in total. The van der Waals surface area contributed by atoms with Crippen molar-refractivity contribution >= 4 is 29.8 Å². The van der Waals surface area contributed by atoms with Gasteiger partial charge in [0.25, 0.3) is 0 Å². The minimum absolute atomic E-state index is 0.214. The maximum atomic E-state index is 6.03. The van der Waals surface area contributed by atoms with Gasteiger partial charge in [-0.05, 0) is 30.8 Å². The summed E-state index contributed by atoms with van der Waals surface area (Å²) in [7, 11) is 0. The first-order valence-electron chi connectivity index (χ1n) is 4.57. The predicted molar refractivity (Wildman–Crippen MR) is 66.8 cm³/mol. The number of nitrogens with one attached hydrogen (secondary N) is 1. The van der Waals surface area contributed by atoms with Gasteiger partial charge in [-0.2, -0.15) is 4.98 Å². The van der Waals surface area contributed by atoms with Gasteiger partial charge >= 0.3 is 0 Å². The molecule has 0 aliphatic rings. The largest absolute Gasteiger partial charge is 0.369 e. The highest BCUT2D eigenvalue weighted by Crippen LogP contribution is 2.25. The second-order valence-corrected chi connectivity index (χ2v) is 4.05. The number of aromatic amines is 1. The highest BCUT2D eigenvalue weighted by atomic mass is 35.5. The first-order valence-corrected chi connectivity index (χ1v) is 5.36. The predicted octanol–water partition coefficient (Wildman–Crippen LogP) is 2.75. The second kappa shape index (κ2) is 4.19. The summed E-state index contributed by atoms with van der Waals surface area (Å²) in [5.41, 5.74) is 7.37. The highest BCUT2D eigenvalue weighted by Gasteiger charge is 2.07. The fraction of sp³-hybridized carbons (Fsp3) is 0.100. The Hall–Kier alpha value is -1.46. The number of nitrogens with two attached hydrogens (primary N) is 1. The van der Waals surface area contributed by atoms with Crippen LogP contribution in [0.5, 0.6) is 0 Å². The van der Waals surface area contributed by atoms with Crippen molar-refractivity contribution in [1.29, 1.82) is 0 Å². The van der Waals surface area contributed by atoms with Gasteiger partial charge in [0.1, 0.15) is 5.82 Å². The molecule has 1 aromatic heterocycles. The lowest BCUT2D eigenvalue weighted by Crippen LogP contribution is -2.00. The SMILES string of the molecule is Cc1c(Cl)cccc1-c1nc(=S)nc(N)[nH]1. The molecule has 0 aliphatic carbocycles. The molecule has 16 heavy (non-hydrogen) atoms. The molecule has 6 heteroatoms. The monoisotopic (exact) mass is 252 g/mol. The van der Waals surface area contributed by atoms with Gasteiger partial charge in [0, 0.05) is 10.6 Å². The Morgan fingerprint density at radius 3 is 2.81 bits per heavy atom. The van der Waals surface area contributed by atoms with Crippen molar-refractivity contribution in [3.63, 3.8) is 0 Å². The molecular formula is C10H9ClN4S. The summed E-state index contributed by atoms with van der Waals surface area (Å²) in [6, 6.07) is 5.56. The molecule has 82 valence electrons. The van der Waals surface area contributed by atoms with Crippen LogP contribution in [0.1, 0.15) is 5.56 Å². The Bertz CT molecular complexity index is 594. The van der Waals surface area contributed by atoms with Crippen molar-refractivity contribution in [2.24, 2.45) is 0 Å². The number of aromatic nitrogens is 3. The number of benzene rings is 1. The number of hydrogen-bond donors (Lipinski definition) is 2. The van der Waals surface area contributed by atoms with Crippen molar-refractivity contribution in [3.8, 4) is 11.4 Å². The molecule has 1 heterocycles. The van der Waals surface area contributed by atoms with E-state index in [0.717, 1.165) is 11.1 Å². The van der Waals surface area contributed by atoms with Crippen molar-refractivity contribution in [2.45, 2.75) is 6.92 Å². The van der Waals surface area contributed by atoms with Crippen LogP contribution in [-0.2, 0) is 0 Å². The van der Waals surface area contributed by atoms with E-state index in [1.165, 1.54) is 0 Å². The lowest BCUT2D eigenvalue weighted by atomic mass is 10.1. The van der Waals surface area contributed by atoms with Gasteiger partial charge in [-0.3, -0.25) is 0 Å². The lowest BCUT2D eigenvalue weighted by molar-refractivity contribution is 1.05. The standard InChI is InChI=1S/C10H9ClN4S/c1-5-6(3-2-4-7(5)11)8-13-9(12)15-10(16)14-8/h2-4H,1H3,(H3,12,13,14,15,16). The normalized spacial score (nSPS) is 10.4. The number of halogens is 1. The first-order chi connectivity index (χ1) is 7.58. The van der Waals surface area contributed by atoms with Crippen LogP contribution in [0.4, 0.5) is 5.95 Å². The zero-order valence-corrected chi connectivity index (χ0v) is 10.1. The van der Waals surface area contributed by atoms with E-state index in [2.05, 4.69) is 15.0 Å². The zero-order chi connectivity index (χ0) is 11.7. The van der Waals surface area contributed by atoms with Crippen LogP contribution in [0.15, 0.2) is 18.2 Å². The molecule has 0 radical (unpaired) electrons. The van der Waals surface area contributed by atoms with Gasteiger partial charge in [0.2, 0.25) is 10.7 Å². The molecule has 0 bridgehead atoms. The third-order valence-electron chi connectivity index (χ3n) is 2.19. The summed E-state index contributed by atoms with van der Waals surface area (Å²) in [5.74, 6) is 0.826. The average molecular weight is 253 g/mol. The summed E-state index contributed by atoms with van der Waals surface area (Å²) < 4.78 is 0.214. The molecule has 0 saturated heterocycles. The van der Waals surface area contributed by atoms with E-state index < -0.39 is 0 Å². The molecule has 2 rings (SSSR count). The minimum atomic E-state index is 0.214. The fourth-order valence-corrected chi connectivity index (χ4v) is 1.76. The molecule has 0 saturated carbocycles. The van der Waals surface area contributed by atoms with Gasteiger partial charge in [0.05, 0.1) is 0 Å². The van der Waals surface area contributed by atoms with Gasteiger partial charge in [-0.15, -0.1) is 0 Å². The lowest BCUT2D eigenvalue weighted by Gasteiger charge is -2.06. The summed E-state index contributed by atoms with van der Waals surface area (Å²) in [6.45, 7) is 1.91. The topological polar surface area (TPSA) is 67.6 Å². The molecule has 4 nitrogen and oxygen atoms in total. The van der Waals surface area contributed by atoms with E-state index in [0.29, 0.717) is 10.8 Å². The number of anilines is 1. The van der Waals surface area contributed by atoms with Crippen LogP contribution < -0.4 is 5.73 Å². The second-order valence-electron chi connectivity index (χ2n) is 3.28. The molecule has 2 aromatic rings. The van der Waals surface area contributed by atoms with Crippen LogP contribution in [0.2, 0.25) is 5.02 Å². The summed E-state index contributed by atoms with van der Waals surface area (Å²) in [4.78, 5) is 10.8. The van der Waals surface area contributed by atoms with E-state index in [1.807, 2.05) is 25.1 Å². The molecular weight excluding hydrogens is 244 g/mol. The average Bonchev–Trinajstić information content (AvgIpc) is 2.20. The van der Waals surface area contributed by atoms with E-state index >= 15 is 0 Å². The van der Waals surface area contributed by atoms with Gasteiger partial charge in [-0.25, -0.2) is 4.98 Å². The fourth-order valence-electron chi connectivity index (χ4n) is 1.39. The molecule has 0 amide bonds. The van der Waals surface area contributed by atoms with Crippen molar-refractivity contribution in [3.05, 3.63) is 33.6 Å². The van der Waals surface area contributed by atoms with Crippen LogP contribution in [-0.4, -0.2) is 15.0 Å².